The molecule has 0 atom stereocenters. The van der Waals surface area contributed by atoms with Gasteiger partial charge in [0.15, 0.2) is 9.84 Å². The summed E-state index contributed by atoms with van der Waals surface area (Å²) < 4.78 is 21.9. The van der Waals surface area contributed by atoms with Gasteiger partial charge in [0.25, 0.3) is 0 Å². The summed E-state index contributed by atoms with van der Waals surface area (Å²) >= 11 is 3.42. The maximum absolute atomic E-state index is 11.5. The first-order chi connectivity index (χ1) is 6.92. The molecule has 1 amide bonds. The second kappa shape index (κ2) is 5.30. The van der Waals surface area contributed by atoms with Crippen LogP contribution in [0, 0.1) is 5.92 Å². The average molecular weight is 298 g/mol. The molecule has 0 aromatic heterocycles. The van der Waals surface area contributed by atoms with Gasteiger partial charge in [0, 0.05) is 24.7 Å². The van der Waals surface area contributed by atoms with E-state index in [1.807, 2.05) is 0 Å². The maximum Gasteiger partial charge on any atom is 0.237 e. The van der Waals surface area contributed by atoms with Gasteiger partial charge in [-0.05, 0) is 18.8 Å². The minimum absolute atomic E-state index is 0.259. The third-order valence-corrected chi connectivity index (χ3v) is 4.26. The van der Waals surface area contributed by atoms with Crippen LogP contribution < -0.4 is 0 Å². The number of nitrogens with zero attached hydrogens (tertiary/aromatic N) is 1. The lowest BCUT2D eigenvalue weighted by molar-refractivity contribution is -0.129. The summed E-state index contributed by atoms with van der Waals surface area (Å²) in [5, 5.41) is 0.959. The van der Waals surface area contributed by atoms with E-state index in [4.69, 9.17) is 0 Å². The van der Waals surface area contributed by atoms with Gasteiger partial charge in [0.2, 0.25) is 5.91 Å². The number of sulfone groups is 1. The van der Waals surface area contributed by atoms with E-state index in [0.717, 1.165) is 24.4 Å². The molecule has 1 aliphatic rings. The molecule has 0 N–H and O–H groups in total. The molecule has 6 heteroatoms. The predicted octanol–water partition coefficient (Wildman–Crippen LogP) is 0.664. The summed E-state index contributed by atoms with van der Waals surface area (Å²) in [6, 6.07) is 0. The second-order valence-electron chi connectivity index (χ2n) is 4.05. The van der Waals surface area contributed by atoms with Crippen LogP contribution in [0.3, 0.4) is 0 Å². The minimum Gasteiger partial charge on any atom is -0.342 e. The van der Waals surface area contributed by atoms with Crippen LogP contribution in [0.4, 0.5) is 0 Å². The lowest BCUT2D eigenvalue weighted by atomic mass is 9.99. The van der Waals surface area contributed by atoms with Crippen molar-refractivity contribution in [1.82, 2.24) is 4.90 Å². The van der Waals surface area contributed by atoms with E-state index < -0.39 is 9.84 Å². The number of alkyl halides is 1. The Hall–Kier alpha value is -0.100. The Morgan fingerprint density at radius 1 is 1.40 bits per heavy atom. The van der Waals surface area contributed by atoms with Crippen molar-refractivity contribution in [2.45, 2.75) is 12.8 Å². The first kappa shape index (κ1) is 13.0. The number of piperidine rings is 1. The topological polar surface area (TPSA) is 54.5 Å². The number of amides is 1. The van der Waals surface area contributed by atoms with Crippen LogP contribution in [0.2, 0.25) is 0 Å². The zero-order chi connectivity index (χ0) is 11.5. The van der Waals surface area contributed by atoms with E-state index in [1.54, 1.807) is 4.90 Å². The second-order valence-corrected chi connectivity index (χ2v) is 6.84. The molecule has 0 saturated carbocycles. The van der Waals surface area contributed by atoms with E-state index in [0.29, 0.717) is 19.0 Å². The van der Waals surface area contributed by atoms with Crippen molar-refractivity contribution in [1.29, 1.82) is 0 Å². The van der Waals surface area contributed by atoms with Gasteiger partial charge in [-0.2, -0.15) is 0 Å². The van der Waals surface area contributed by atoms with Crippen molar-refractivity contribution >= 4 is 31.7 Å². The summed E-state index contributed by atoms with van der Waals surface area (Å²) in [5.41, 5.74) is 0. The normalized spacial score (nSPS) is 19.2. The molecule has 88 valence electrons. The first-order valence-corrected chi connectivity index (χ1v) is 8.12. The zero-order valence-corrected chi connectivity index (χ0v) is 11.2. The van der Waals surface area contributed by atoms with E-state index in [9.17, 15) is 13.2 Å². The summed E-state index contributed by atoms with van der Waals surface area (Å²) in [7, 11) is -3.19. The Morgan fingerprint density at radius 3 is 2.33 bits per heavy atom. The third kappa shape index (κ3) is 4.51. The molecule has 0 radical (unpaired) electrons. The van der Waals surface area contributed by atoms with Crippen LogP contribution in [0.15, 0.2) is 0 Å². The van der Waals surface area contributed by atoms with E-state index in [2.05, 4.69) is 15.9 Å². The molecule has 0 aromatic rings. The largest absolute Gasteiger partial charge is 0.342 e. The molecule has 4 nitrogen and oxygen atoms in total. The summed E-state index contributed by atoms with van der Waals surface area (Å²) in [6.07, 6.45) is 3.01. The SMILES string of the molecule is CS(=O)(=O)CC(=O)N1CCC(CBr)CC1. The Balaban J connectivity index is 2.43. The smallest absolute Gasteiger partial charge is 0.237 e. The van der Waals surface area contributed by atoms with E-state index in [-0.39, 0.29) is 11.7 Å². The van der Waals surface area contributed by atoms with Crippen LogP contribution in [0.5, 0.6) is 0 Å². The lowest BCUT2D eigenvalue weighted by Gasteiger charge is -2.31. The summed E-state index contributed by atoms with van der Waals surface area (Å²) in [4.78, 5) is 13.2. The highest BCUT2D eigenvalue weighted by molar-refractivity contribution is 9.09. The standard InChI is InChI=1S/C9H16BrNO3S/c1-15(13,14)7-9(12)11-4-2-8(6-10)3-5-11/h8H,2-7H2,1H3. The monoisotopic (exact) mass is 297 g/mol. The van der Waals surface area contributed by atoms with Gasteiger partial charge in [-0.25, -0.2) is 8.42 Å². The van der Waals surface area contributed by atoms with Crippen molar-refractivity contribution in [3.8, 4) is 0 Å². The van der Waals surface area contributed by atoms with E-state index in [1.165, 1.54) is 0 Å². The Kier molecular flexibility index (Phi) is 4.58. The van der Waals surface area contributed by atoms with Gasteiger partial charge >= 0.3 is 0 Å². The van der Waals surface area contributed by atoms with Crippen molar-refractivity contribution in [2.24, 2.45) is 5.92 Å². The van der Waals surface area contributed by atoms with Gasteiger partial charge in [0.1, 0.15) is 5.75 Å². The molecule has 15 heavy (non-hydrogen) atoms. The molecular weight excluding hydrogens is 282 g/mol. The molecule has 0 spiro atoms. The highest BCUT2D eigenvalue weighted by atomic mass is 79.9. The maximum atomic E-state index is 11.5. The number of carbonyl (C=O) groups excluding carboxylic acids is 1. The Bertz CT molecular complexity index is 320. The van der Waals surface area contributed by atoms with Gasteiger partial charge < -0.3 is 4.90 Å². The highest BCUT2D eigenvalue weighted by Gasteiger charge is 2.23. The Labute approximate surface area is 99.1 Å². The fourth-order valence-electron chi connectivity index (χ4n) is 1.65. The lowest BCUT2D eigenvalue weighted by Crippen LogP contribution is -2.41. The first-order valence-electron chi connectivity index (χ1n) is 4.94. The molecule has 0 aromatic carbocycles. The summed E-state index contributed by atoms with van der Waals surface area (Å²) in [5.74, 6) is 0.00390. The quantitative estimate of drug-likeness (QED) is 0.719. The number of halogens is 1. The zero-order valence-electron chi connectivity index (χ0n) is 8.78. The fraction of sp³-hybridized carbons (Fsp3) is 0.889. The predicted molar refractivity (Wildman–Crippen MR) is 62.8 cm³/mol. The summed E-state index contributed by atoms with van der Waals surface area (Å²) in [6.45, 7) is 1.37. The molecule has 1 saturated heterocycles. The minimum atomic E-state index is -3.19. The third-order valence-electron chi connectivity index (χ3n) is 2.57. The number of rotatable bonds is 3. The van der Waals surface area contributed by atoms with Crippen molar-refractivity contribution in [3.63, 3.8) is 0 Å². The van der Waals surface area contributed by atoms with E-state index >= 15 is 0 Å². The number of likely N-dealkylation sites (tertiary alicyclic amines) is 1. The van der Waals surface area contributed by atoms with Crippen LogP contribution in [0.25, 0.3) is 0 Å². The molecular formula is C9H16BrNO3S. The van der Waals surface area contributed by atoms with Gasteiger partial charge in [-0.15, -0.1) is 0 Å². The van der Waals surface area contributed by atoms with Crippen LogP contribution in [0.1, 0.15) is 12.8 Å². The molecule has 1 heterocycles. The van der Waals surface area contributed by atoms with Gasteiger partial charge in [0.05, 0.1) is 0 Å². The molecule has 1 aliphatic heterocycles. The molecule has 0 aliphatic carbocycles. The van der Waals surface area contributed by atoms with Gasteiger partial charge in [-0.3, -0.25) is 4.79 Å². The average Bonchev–Trinajstić information content (AvgIpc) is 2.15. The molecule has 0 unspecified atom stereocenters. The van der Waals surface area contributed by atoms with Crippen molar-refractivity contribution in [3.05, 3.63) is 0 Å². The fourth-order valence-corrected chi connectivity index (χ4v) is 2.93. The van der Waals surface area contributed by atoms with Crippen molar-refractivity contribution < 1.29 is 13.2 Å². The van der Waals surface area contributed by atoms with Crippen LogP contribution in [-0.2, 0) is 14.6 Å². The number of hydrogen-bond donors (Lipinski definition) is 0. The number of carbonyl (C=O) groups is 1. The molecule has 0 bridgehead atoms. The molecule has 1 rings (SSSR count). The van der Waals surface area contributed by atoms with Crippen LogP contribution >= 0.6 is 15.9 Å². The molecule has 1 fully saturated rings. The number of hydrogen-bond acceptors (Lipinski definition) is 3. The van der Waals surface area contributed by atoms with Crippen LogP contribution in [-0.4, -0.2) is 49.7 Å². The Morgan fingerprint density at radius 2 is 1.93 bits per heavy atom. The highest BCUT2D eigenvalue weighted by Crippen LogP contribution is 2.19. The van der Waals surface area contributed by atoms with Gasteiger partial charge in [-0.1, -0.05) is 15.9 Å². The van der Waals surface area contributed by atoms with Crippen molar-refractivity contribution in [2.75, 3.05) is 30.4 Å².